The Morgan fingerprint density at radius 2 is 0.706 bits per heavy atom. The number of nitrogens with zero attached hydrogens (tertiary/aromatic N) is 5. The molecule has 0 spiro atoms. The fourth-order valence-electron chi connectivity index (χ4n) is 6.25. The normalized spacial score (nSPS) is 19.9. The fourth-order valence-corrected chi connectivity index (χ4v) is 6.25. The Bertz CT molecular complexity index is 4590. The third-order valence-electron chi connectivity index (χ3n) is 8.29. The van der Waals surface area contributed by atoms with Crippen LogP contribution in [0.1, 0.15) is 39.8 Å². The first-order valence-electron chi connectivity index (χ1n) is 29.4. The topological polar surface area (TPSA) is 40.6 Å². The van der Waals surface area contributed by atoms with Gasteiger partial charge in [-0.05, 0) is 42.3 Å². The Labute approximate surface area is 333 Å². The van der Waals surface area contributed by atoms with Gasteiger partial charge in [-0.3, -0.25) is 9.13 Å². The Morgan fingerprint density at radius 1 is 0.353 bits per heavy atom. The summed E-state index contributed by atoms with van der Waals surface area (Å²) < 4.78 is 264. The molecule has 0 aliphatic rings. The molecule has 238 valence electrons. The van der Waals surface area contributed by atoms with E-state index < -0.39 is 269 Å². The summed E-state index contributed by atoms with van der Waals surface area (Å²) in [6.07, 6.45) is 0. The number of fused-ring (bicyclic) bond motifs is 9. The van der Waals surface area contributed by atoms with Crippen molar-refractivity contribution in [2.45, 2.75) is 0 Å². The molecule has 0 aliphatic heterocycles. The molecule has 4 heterocycles. The Kier molecular flexibility index (Phi) is 2.49. The number of aromatic nitrogens is 5. The Morgan fingerprint density at radius 3 is 1.16 bits per heavy atom. The summed E-state index contributed by atoms with van der Waals surface area (Å²) in [6.45, 7) is 0. The van der Waals surface area contributed by atoms with Crippen LogP contribution in [0.3, 0.4) is 0 Å². The van der Waals surface area contributed by atoms with Crippen LogP contribution in [-0.4, -0.2) is 23.7 Å². The molecule has 51 heavy (non-hydrogen) atoms. The second-order valence-corrected chi connectivity index (χ2v) is 10.9. The summed E-state index contributed by atoms with van der Waals surface area (Å²) in [5, 5.41) is -3.33. The third kappa shape index (κ3) is 4.03. The quantitative estimate of drug-likeness (QED) is 0.186. The molecule has 0 atom stereocenters. The standard InChI is InChI=1S/C46H29N5/c1-8-22-38-30(15-1)31-16-2-9-23-39(31)49(38)44-28-14-7-21-36(44)37-29-45(50-40-24-10-3-17-32(40)33-18-4-11-25-41(33)50)48-46(47-37)51-42-26-12-5-19-34(42)35-20-6-13-27-43(35)51/h1-29H/i1D,2D,3D,4D,5D,6D,7D,8D,9D,10D,11D,12D,13D,14D,15D,16D,17D,18D,19D,20D,21D,22D,23D,24D,25D,26D,27D,28D,29D. The number of benzene rings is 7. The van der Waals surface area contributed by atoms with Gasteiger partial charge in [0.25, 0.3) is 0 Å². The zero-order chi connectivity index (χ0) is 58.7. The van der Waals surface area contributed by atoms with E-state index in [-0.39, 0.29) is 0 Å². The number of para-hydroxylation sites is 7. The summed E-state index contributed by atoms with van der Waals surface area (Å²) in [5.41, 5.74) is -6.98. The molecular weight excluding hydrogens is 623 g/mol. The van der Waals surface area contributed by atoms with Gasteiger partial charge in [-0.2, -0.15) is 4.98 Å². The highest BCUT2D eigenvalue weighted by molar-refractivity contribution is 6.11. The van der Waals surface area contributed by atoms with Crippen LogP contribution in [-0.2, 0) is 0 Å². The number of hydrogen-bond acceptors (Lipinski definition) is 2. The second-order valence-electron chi connectivity index (χ2n) is 10.9. The summed E-state index contributed by atoms with van der Waals surface area (Å²) >= 11 is 0. The largest absolute Gasteiger partial charge is 0.309 e. The summed E-state index contributed by atoms with van der Waals surface area (Å²) in [6, 6.07) is -27.2. The Balaban J connectivity index is 1.49. The average molecular weight is 681 g/mol. The first kappa shape index (κ1) is 11.8. The van der Waals surface area contributed by atoms with Gasteiger partial charge in [-0.25, -0.2) is 4.98 Å². The van der Waals surface area contributed by atoms with Crippen molar-refractivity contribution in [3.63, 3.8) is 0 Å². The van der Waals surface area contributed by atoms with E-state index in [1.165, 1.54) is 0 Å². The van der Waals surface area contributed by atoms with E-state index in [1.54, 1.807) is 0 Å². The lowest BCUT2D eigenvalue weighted by Crippen LogP contribution is -2.08. The van der Waals surface area contributed by atoms with Gasteiger partial charge in [0.1, 0.15) is 5.82 Å². The summed E-state index contributed by atoms with van der Waals surface area (Å²) in [4.78, 5) is 9.26. The lowest BCUT2D eigenvalue weighted by atomic mass is 10.1. The van der Waals surface area contributed by atoms with Crippen LogP contribution in [0.2, 0.25) is 0 Å². The van der Waals surface area contributed by atoms with Gasteiger partial charge in [-0.15, -0.1) is 0 Å². The monoisotopic (exact) mass is 680 g/mol. The van der Waals surface area contributed by atoms with Crippen molar-refractivity contribution in [2.24, 2.45) is 0 Å². The zero-order valence-corrected chi connectivity index (χ0v) is 25.2. The van der Waals surface area contributed by atoms with E-state index in [9.17, 15) is 12.3 Å². The lowest BCUT2D eigenvalue weighted by molar-refractivity contribution is 0.951. The van der Waals surface area contributed by atoms with Gasteiger partial charge >= 0.3 is 0 Å². The molecule has 0 fully saturated rings. The van der Waals surface area contributed by atoms with Gasteiger partial charge in [0.05, 0.1) is 84.2 Å². The van der Waals surface area contributed by atoms with Crippen molar-refractivity contribution in [3.05, 3.63) is 175 Å². The summed E-state index contributed by atoms with van der Waals surface area (Å²) in [5.74, 6) is -1.98. The smallest absolute Gasteiger partial charge is 0.237 e. The molecule has 0 saturated carbocycles. The van der Waals surface area contributed by atoms with Gasteiger partial charge in [0.2, 0.25) is 5.95 Å². The number of rotatable bonds is 4. The molecule has 0 amide bonds. The fraction of sp³-hybridized carbons (Fsp3) is 0. The van der Waals surface area contributed by atoms with Crippen molar-refractivity contribution < 1.29 is 39.8 Å². The van der Waals surface area contributed by atoms with E-state index in [0.29, 0.717) is 13.7 Å². The maximum atomic E-state index is 10.2. The van der Waals surface area contributed by atoms with Crippen LogP contribution in [0.25, 0.3) is 94.1 Å². The second kappa shape index (κ2) is 10.8. The molecule has 11 aromatic rings. The van der Waals surface area contributed by atoms with Crippen molar-refractivity contribution >= 4 is 65.4 Å². The maximum Gasteiger partial charge on any atom is 0.237 e. The van der Waals surface area contributed by atoms with E-state index in [1.807, 2.05) is 0 Å². The molecule has 11 rings (SSSR count). The van der Waals surface area contributed by atoms with Crippen LogP contribution in [0.15, 0.2) is 175 Å². The summed E-state index contributed by atoms with van der Waals surface area (Å²) in [7, 11) is 0. The first-order valence-corrected chi connectivity index (χ1v) is 14.9. The van der Waals surface area contributed by atoms with Crippen LogP contribution < -0.4 is 0 Å². The molecular formula is C46H29N5. The minimum absolute atomic E-state index is 0.546. The van der Waals surface area contributed by atoms with Crippen LogP contribution in [0, 0.1) is 0 Å². The minimum Gasteiger partial charge on any atom is -0.309 e. The molecule has 0 aliphatic carbocycles. The maximum absolute atomic E-state index is 10.2. The first-order chi connectivity index (χ1) is 37.4. The van der Waals surface area contributed by atoms with Crippen molar-refractivity contribution in [1.29, 1.82) is 0 Å². The molecule has 7 aromatic carbocycles. The molecule has 0 bridgehead atoms. The van der Waals surface area contributed by atoms with E-state index in [0.717, 1.165) is 0 Å². The molecule has 0 radical (unpaired) electrons. The Hall–Kier alpha value is -6.98. The van der Waals surface area contributed by atoms with Crippen molar-refractivity contribution in [2.75, 3.05) is 0 Å². The van der Waals surface area contributed by atoms with E-state index in [2.05, 4.69) is 9.97 Å². The van der Waals surface area contributed by atoms with Crippen LogP contribution in [0.4, 0.5) is 0 Å². The number of hydrogen-bond donors (Lipinski definition) is 0. The third-order valence-corrected chi connectivity index (χ3v) is 8.29. The molecule has 5 heteroatoms. The SMILES string of the molecule is [2H]c1c(-c2c([2H])c([2H])c([2H])c([2H])c2-n2c3c([2H])c([2H])c([2H])c([2H])c3c3c([2H])c([2H])c([2H])c([2H])c32)nc(-n2c3c([2H])c([2H])c([2H])c([2H])c3c3c([2H])c([2H])c([2H])c([2H])c32)nc1-n1c2c([2H])c([2H])c([2H])c([2H])c2c2c([2H])c([2H])c([2H])c([2H])c21. The van der Waals surface area contributed by atoms with Gasteiger partial charge in [0, 0.05) is 43.9 Å². The van der Waals surface area contributed by atoms with Crippen molar-refractivity contribution in [3.8, 4) is 28.7 Å². The highest BCUT2D eigenvalue weighted by Crippen LogP contribution is 2.38. The van der Waals surface area contributed by atoms with Gasteiger partial charge in [-0.1, -0.05) is 127 Å². The van der Waals surface area contributed by atoms with Crippen LogP contribution >= 0.6 is 0 Å². The van der Waals surface area contributed by atoms with Crippen LogP contribution in [0.5, 0.6) is 0 Å². The molecule has 0 saturated heterocycles. The highest BCUT2D eigenvalue weighted by Gasteiger charge is 2.21. The molecule has 0 N–H and O–H groups in total. The average Bonchev–Trinajstić information content (AvgIpc) is 4.30. The highest BCUT2D eigenvalue weighted by atomic mass is 15.2. The lowest BCUT2D eigenvalue weighted by Gasteiger charge is -2.16. The molecule has 4 aromatic heterocycles. The predicted octanol–water partition coefficient (Wildman–Crippen LogP) is 11.4. The van der Waals surface area contributed by atoms with Crippen molar-refractivity contribution in [1.82, 2.24) is 23.7 Å². The van der Waals surface area contributed by atoms with E-state index >= 15 is 0 Å². The molecule has 0 unspecified atom stereocenters. The predicted molar refractivity (Wildman–Crippen MR) is 210 cm³/mol. The minimum atomic E-state index is -1.15. The van der Waals surface area contributed by atoms with E-state index in [4.69, 9.17) is 27.4 Å². The van der Waals surface area contributed by atoms with Gasteiger partial charge < -0.3 is 4.57 Å². The zero-order valence-electron chi connectivity index (χ0n) is 54.2. The van der Waals surface area contributed by atoms with Gasteiger partial charge in [0.15, 0.2) is 0 Å². The molecule has 5 nitrogen and oxygen atoms in total.